The molecule has 6 rings (SSSR count). The minimum Gasteiger partial charge on any atom is -0.780 e. The maximum Gasteiger partial charge on any atom is 1.00 e. The molecule has 1 heterocycles. The molecule has 0 amide bonds. The smallest absolute Gasteiger partial charge is 0.780 e. The predicted octanol–water partition coefficient (Wildman–Crippen LogP) is -3.73. The fourth-order valence-electron chi connectivity index (χ4n) is 6.31. The molecule has 1 unspecified atom stereocenters. The van der Waals surface area contributed by atoms with Crippen LogP contribution in [0.2, 0.25) is 0 Å². The molecule has 1 spiro atoms. The van der Waals surface area contributed by atoms with E-state index in [4.69, 9.17) is 9.78 Å². The number of phosphoric acid groups is 1. The van der Waals surface area contributed by atoms with E-state index in [2.05, 4.69) is 4.52 Å². The van der Waals surface area contributed by atoms with Gasteiger partial charge in [0.2, 0.25) is 0 Å². The van der Waals surface area contributed by atoms with Gasteiger partial charge in [-0.15, -0.1) is 0 Å². The maximum absolute atomic E-state index is 10.9. The van der Waals surface area contributed by atoms with Gasteiger partial charge < -0.3 is 18.9 Å². The summed E-state index contributed by atoms with van der Waals surface area (Å²) in [4.78, 5) is 33.4. The standard InChI is InChI=1S/C18H23O6P.2Na/c1-17(13-3-2-4-16(10-13)22-25(19,20)21)18(24-23-17)14-6-11-5-12(8-14)9-15(18)7-11;;/h2-4,10-12,14-15H,5-9H2,1H3,(H2,19,20,21);;/q;2*+1/p-2. The summed E-state index contributed by atoms with van der Waals surface area (Å²) < 4.78 is 15.5. The molecule has 9 heteroatoms. The minimum atomic E-state index is -5.08. The van der Waals surface area contributed by atoms with Crippen molar-refractivity contribution in [3.63, 3.8) is 0 Å². The fourth-order valence-corrected chi connectivity index (χ4v) is 6.69. The molecular weight excluding hydrogens is 389 g/mol. The average molecular weight is 410 g/mol. The number of benzene rings is 1. The van der Waals surface area contributed by atoms with Crippen molar-refractivity contribution in [2.45, 2.75) is 50.2 Å². The summed E-state index contributed by atoms with van der Waals surface area (Å²) in [7, 11) is -5.08. The van der Waals surface area contributed by atoms with Gasteiger partial charge in [-0.3, -0.25) is 0 Å². The molecule has 4 saturated carbocycles. The van der Waals surface area contributed by atoms with Crippen LogP contribution >= 0.6 is 7.82 Å². The van der Waals surface area contributed by atoms with Crippen molar-refractivity contribution >= 4 is 7.82 Å². The van der Waals surface area contributed by atoms with Crippen LogP contribution in [0.1, 0.15) is 44.6 Å². The van der Waals surface area contributed by atoms with Crippen LogP contribution in [-0.2, 0) is 19.9 Å². The van der Waals surface area contributed by atoms with E-state index in [0.29, 0.717) is 11.8 Å². The first-order valence-electron chi connectivity index (χ1n) is 8.99. The molecule has 6 nitrogen and oxygen atoms in total. The second-order valence-electron chi connectivity index (χ2n) is 8.36. The van der Waals surface area contributed by atoms with E-state index >= 15 is 0 Å². The van der Waals surface area contributed by atoms with Crippen LogP contribution < -0.4 is 73.4 Å². The Labute approximate surface area is 203 Å². The van der Waals surface area contributed by atoms with Crippen molar-refractivity contribution in [2.75, 3.05) is 0 Å². The predicted molar refractivity (Wildman–Crippen MR) is 84.0 cm³/mol. The van der Waals surface area contributed by atoms with E-state index < -0.39 is 13.4 Å². The fraction of sp³-hybridized carbons (Fsp3) is 0.667. The van der Waals surface area contributed by atoms with Gasteiger partial charge in [0.15, 0.2) is 5.60 Å². The van der Waals surface area contributed by atoms with Crippen molar-refractivity contribution in [1.29, 1.82) is 0 Å². The Morgan fingerprint density at radius 2 is 1.63 bits per heavy atom. The van der Waals surface area contributed by atoms with Crippen LogP contribution in [-0.4, -0.2) is 5.60 Å². The van der Waals surface area contributed by atoms with Gasteiger partial charge in [0.1, 0.15) is 19.2 Å². The van der Waals surface area contributed by atoms with Crippen LogP contribution in [0.4, 0.5) is 0 Å². The van der Waals surface area contributed by atoms with Gasteiger partial charge in [-0.25, -0.2) is 9.78 Å². The summed E-state index contributed by atoms with van der Waals surface area (Å²) in [6.45, 7) is 2.02. The van der Waals surface area contributed by atoms with Gasteiger partial charge >= 0.3 is 59.1 Å². The maximum atomic E-state index is 10.9. The molecule has 4 bridgehead atoms. The normalized spacial score (nSPS) is 41.4. The minimum absolute atomic E-state index is 0. The van der Waals surface area contributed by atoms with E-state index in [9.17, 15) is 14.4 Å². The average Bonchev–Trinajstić information content (AvgIpc) is 2.51. The molecule has 1 aliphatic heterocycles. The molecule has 5 fully saturated rings. The van der Waals surface area contributed by atoms with Gasteiger partial charge in [-0.1, -0.05) is 12.1 Å². The summed E-state index contributed by atoms with van der Waals surface area (Å²) in [5, 5.41) is 0. The molecule has 1 aromatic rings. The quantitative estimate of drug-likeness (QED) is 0.289. The Kier molecular flexibility index (Phi) is 6.45. The third-order valence-electron chi connectivity index (χ3n) is 7.05. The number of hydrogen-bond donors (Lipinski definition) is 0. The topological polar surface area (TPSA) is 90.9 Å². The van der Waals surface area contributed by atoms with Gasteiger partial charge in [-0.2, -0.15) is 0 Å². The number of rotatable bonds is 3. The van der Waals surface area contributed by atoms with Crippen LogP contribution in [0.15, 0.2) is 24.3 Å². The molecule has 27 heavy (non-hydrogen) atoms. The first-order valence-corrected chi connectivity index (χ1v) is 10.5. The van der Waals surface area contributed by atoms with Gasteiger partial charge in [0.05, 0.1) is 0 Å². The van der Waals surface area contributed by atoms with Gasteiger partial charge in [0, 0.05) is 0 Å². The van der Waals surface area contributed by atoms with Gasteiger partial charge in [0.25, 0.3) is 0 Å². The molecule has 5 aliphatic rings. The zero-order valence-electron chi connectivity index (χ0n) is 16.1. The summed E-state index contributed by atoms with van der Waals surface area (Å²) in [5.41, 5.74) is -0.195. The second kappa shape index (κ2) is 7.65. The Morgan fingerprint density at radius 3 is 2.11 bits per heavy atom. The SMILES string of the molecule is CC1(c2cccc(OP(=O)([O-])[O-])c2)OOC12C1CC3CC(C1)CC2C3.[Na+].[Na+]. The van der Waals surface area contributed by atoms with Crippen LogP contribution in [0.3, 0.4) is 0 Å². The zero-order valence-corrected chi connectivity index (χ0v) is 20.9. The van der Waals surface area contributed by atoms with Crippen molar-refractivity contribution in [3.8, 4) is 5.75 Å². The summed E-state index contributed by atoms with van der Waals surface area (Å²) in [6, 6.07) is 6.65. The van der Waals surface area contributed by atoms with Crippen molar-refractivity contribution in [2.24, 2.45) is 23.7 Å². The van der Waals surface area contributed by atoms with Crippen LogP contribution in [0, 0.1) is 23.7 Å². The van der Waals surface area contributed by atoms with Gasteiger partial charge in [-0.05, 0) is 80.4 Å². The van der Waals surface area contributed by atoms with Crippen molar-refractivity contribution in [1.82, 2.24) is 0 Å². The van der Waals surface area contributed by atoms with Crippen molar-refractivity contribution < 1.29 is 87.8 Å². The molecule has 0 radical (unpaired) electrons. The Balaban J connectivity index is 0.00000105. The second-order valence-corrected chi connectivity index (χ2v) is 9.44. The molecule has 1 aromatic carbocycles. The van der Waals surface area contributed by atoms with E-state index in [-0.39, 0.29) is 70.5 Å². The molecule has 0 N–H and O–H groups in total. The van der Waals surface area contributed by atoms with E-state index in [1.807, 2.05) is 13.0 Å². The molecule has 1 atom stereocenters. The summed E-state index contributed by atoms with van der Waals surface area (Å²) in [5.74, 6) is 2.59. The Bertz CT molecular complexity index is 740. The summed E-state index contributed by atoms with van der Waals surface area (Å²) >= 11 is 0. The molecule has 0 aromatic heterocycles. The largest absolute Gasteiger partial charge is 1.00 e. The summed E-state index contributed by atoms with van der Waals surface area (Å²) in [6.07, 6.45) is 6.07. The number of phosphoric ester groups is 1. The van der Waals surface area contributed by atoms with Crippen LogP contribution in [0.5, 0.6) is 5.75 Å². The van der Waals surface area contributed by atoms with E-state index in [1.165, 1.54) is 38.2 Å². The molecule has 4 aliphatic carbocycles. The van der Waals surface area contributed by atoms with E-state index in [0.717, 1.165) is 17.4 Å². The third-order valence-corrected chi connectivity index (χ3v) is 7.48. The first-order chi connectivity index (χ1) is 11.8. The number of hydrogen-bond acceptors (Lipinski definition) is 6. The molecule has 1 saturated heterocycles. The Hall–Kier alpha value is 1.09. The van der Waals surface area contributed by atoms with Crippen molar-refractivity contribution in [3.05, 3.63) is 29.8 Å². The van der Waals surface area contributed by atoms with E-state index in [1.54, 1.807) is 12.1 Å². The molecular formula is C18H21Na2O6P. The third kappa shape index (κ3) is 3.47. The molecule has 136 valence electrons. The first kappa shape index (κ1) is 22.8. The zero-order chi connectivity index (χ0) is 17.4. The van der Waals surface area contributed by atoms with Crippen LogP contribution in [0.25, 0.3) is 0 Å². The monoisotopic (exact) mass is 410 g/mol. The Morgan fingerprint density at radius 1 is 1.04 bits per heavy atom.